The van der Waals surface area contributed by atoms with E-state index in [4.69, 9.17) is 11.6 Å². The highest BCUT2D eigenvalue weighted by Crippen LogP contribution is 2.35. The predicted molar refractivity (Wildman–Crippen MR) is 102 cm³/mol. The molecule has 0 saturated carbocycles. The molecule has 1 fully saturated rings. The van der Waals surface area contributed by atoms with Gasteiger partial charge in [-0.25, -0.2) is 8.78 Å². The second-order valence-electron chi connectivity index (χ2n) is 6.32. The van der Waals surface area contributed by atoms with Crippen LogP contribution in [0.3, 0.4) is 0 Å². The zero-order chi connectivity index (χ0) is 18.7. The number of hydrogen-bond acceptors (Lipinski definition) is 3. The molecule has 0 aliphatic carbocycles. The summed E-state index contributed by atoms with van der Waals surface area (Å²) in [7, 11) is 2.05. The van der Waals surface area contributed by atoms with Crippen LogP contribution in [0.5, 0.6) is 0 Å². The molecule has 26 heavy (non-hydrogen) atoms. The molecule has 7 heteroatoms. The fourth-order valence-corrected chi connectivity index (χ4v) is 4.28. The highest BCUT2D eigenvalue weighted by molar-refractivity contribution is 8.00. The van der Waals surface area contributed by atoms with Crippen LogP contribution in [0.2, 0.25) is 5.02 Å². The van der Waals surface area contributed by atoms with Crippen LogP contribution in [0.1, 0.15) is 23.2 Å². The average molecular weight is 397 g/mol. The van der Waals surface area contributed by atoms with Gasteiger partial charge in [0, 0.05) is 16.2 Å². The normalized spacial score (nSPS) is 15.8. The van der Waals surface area contributed by atoms with E-state index in [2.05, 4.69) is 10.2 Å². The molecule has 2 aromatic carbocycles. The zero-order valence-electron chi connectivity index (χ0n) is 14.3. The molecular formula is C19H19ClF2N2OS. The second-order valence-corrected chi connectivity index (χ2v) is 8.07. The van der Waals surface area contributed by atoms with Crippen LogP contribution in [-0.2, 0) is 0 Å². The minimum atomic E-state index is -0.615. The number of benzene rings is 2. The summed E-state index contributed by atoms with van der Waals surface area (Å²) in [6.07, 6.45) is 1.83. The van der Waals surface area contributed by atoms with Gasteiger partial charge in [-0.3, -0.25) is 4.79 Å². The Labute approximate surface area is 160 Å². The van der Waals surface area contributed by atoms with Crippen molar-refractivity contribution in [1.29, 1.82) is 0 Å². The third-order valence-corrected chi connectivity index (χ3v) is 6.02. The summed E-state index contributed by atoms with van der Waals surface area (Å²) in [5, 5.41) is 2.92. The Hall–Kier alpha value is -1.63. The first-order chi connectivity index (χ1) is 12.4. The number of thioether (sulfide) groups is 1. The number of amides is 1. The first-order valence-electron chi connectivity index (χ1n) is 8.34. The minimum Gasteiger partial charge on any atom is -0.319 e. The maximum atomic E-state index is 14.8. The molecule has 0 aromatic heterocycles. The molecule has 1 N–H and O–H groups in total. The lowest BCUT2D eigenvalue weighted by Crippen LogP contribution is -2.31. The van der Waals surface area contributed by atoms with Crippen molar-refractivity contribution in [3.05, 3.63) is 58.6 Å². The van der Waals surface area contributed by atoms with E-state index in [9.17, 15) is 13.6 Å². The predicted octanol–water partition coefficient (Wildman–Crippen LogP) is 5.06. The summed E-state index contributed by atoms with van der Waals surface area (Å²) in [6, 6.07) is 8.62. The van der Waals surface area contributed by atoms with Crippen LogP contribution in [0.4, 0.5) is 14.5 Å². The van der Waals surface area contributed by atoms with E-state index in [1.807, 2.05) is 7.05 Å². The number of rotatable bonds is 4. The smallest absolute Gasteiger partial charge is 0.257 e. The van der Waals surface area contributed by atoms with E-state index in [1.165, 1.54) is 23.9 Å². The Morgan fingerprint density at radius 1 is 1.23 bits per heavy atom. The summed E-state index contributed by atoms with van der Waals surface area (Å²) >= 11 is 7.32. The van der Waals surface area contributed by atoms with Gasteiger partial charge in [-0.2, -0.15) is 0 Å². The van der Waals surface area contributed by atoms with Crippen molar-refractivity contribution in [2.24, 2.45) is 0 Å². The van der Waals surface area contributed by atoms with Gasteiger partial charge >= 0.3 is 0 Å². The zero-order valence-corrected chi connectivity index (χ0v) is 15.8. The summed E-state index contributed by atoms with van der Waals surface area (Å²) in [4.78, 5) is 14.8. The van der Waals surface area contributed by atoms with Crippen molar-refractivity contribution < 1.29 is 13.6 Å². The highest BCUT2D eigenvalue weighted by Gasteiger charge is 2.22. The number of nitrogens with zero attached hydrogens (tertiary/aromatic N) is 1. The quantitative estimate of drug-likeness (QED) is 0.784. The van der Waals surface area contributed by atoms with Crippen LogP contribution in [0.25, 0.3) is 0 Å². The van der Waals surface area contributed by atoms with Gasteiger partial charge in [-0.1, -0.05) is 23.7 Å². The van der Waals surface area contributed by atoms with Gasteiger partial charge in [0.2, 0.25) is 0 Å². The first-order valence-corrected chi connectivity index (χ1v) is 9.60. The summed E-state index contributed by atoms with van der Waals surface area (Å²) in [5.74, 6) is -1.78. The van der Waals surface area contributed by atoms with Gasteiger partial charge in [0.05, 0.1) is 16.3 Å². The largest absolute Gasteiger partial charge is 0.319 e. The molecule has 1 aliphatic rings. The van der Waals surface area contributed by atoms with E-state index in [-0.39, 0.29) is 26.4 Å². The summed E-state index contributed by atoms with van der Waals surface area (Å²) < 4.78 is 28.8. The molecule has 0 atom stereocenters. The Morgan fingerprint density at radius 3 is 2.62 bits per heavy atom. The van der Waals surface area contributed by atoms with Crippen molar-refractivity contribution in [3.63, 3.8) is 0 Å². The lowest BCUT2D eigenvalue weighted by Gasteiger charge is -2.28. The second kappa shape index (κ2) is 8.37. The molecule has 1 heterocycles. The van der Waals surface area contributed by atoms with Crippen molar-refractivity contribution >= 4 is 35.0 Å². The lowest BCUT2D eigenvalue weighted by atomic mass is 10.1. The third kappa shape index (κ3) is 4.55. The monoisotopic (exact) mass is 396 g/mol. The number of nitrogens with one attached hydrogen (secondary N) is 1. The standard InChI is InChI=1S/C19H19ClF2N2OS/c1-24-8-6-13(7-9-24)26-17-11-12(21)10-16(18(17)22)23-19(25)14-4-2-3-5-15(14)20/h2-5,10-11,13H,6-9H2,1H3,(H,23,25). The minimum absolute atomic E-state index is 0.176. The molecular weight excluding hydrogens is 378 g/mol. The van der Waals surface area contributed by atoms with Gasteiger partial charge in [0.25, 0.3) is 5.91 Å². The molecule has 1 amide bonds. The van der Waals surface area contributed by atoms with Crippen LogP contribution in [0.15, 0.2) is 41.3 Å². The fraction of sp³-hybridized carbons (Fsp3) is 0.316. The fourth-order valence-electron chi connectivity index (χ4n) is 2.86. The molecule has 1 aliphatic heterocycles. The molecule has 2 aromatic rings. The Balaban J connectivity index is 1.79. The molecule has 0 radical (unpaired) electrons. The van der Waals surface area contributed by atoms with E-state index >= 15 is 0 Å². The van der Waals surface area contributed by atoms with E-state index in [0.717, 1.165) is 32.0 Å². The summed E-state index contributed by atoms with van der Waals surface area (Å²) in [6.45, 7) is 1.87. The van der Waals surface area contributed by atoms with Gasteiger partial charge in [-0.15, -0.1) is 11.8 Å². The average Bonchev–Trinajstić information content (AvgIpc) is 2.61. The van der Waals surface area contributed by atoms with Crippen LogP contribution < -0.4 is 5.32 Å². The van der Waals surface area contributed by atoms with Crippen molar-refractivity contribution in [2.45, 2.75) is 23.0 Å². The van der Waals surface area contributed by atoms with E-state index < -0.39 is 17.5 Å². The van der Waals surface area contributed by atoms with Gasteiger partial charge in [0.15, 0.2) is 5.82 Å². The molecule has 3 rings (SSSR count). The number of anilines is 1. The summed E-state index contributed by atoms with van der Waals surface area (Å²) in [5.41, 5.74) is 0.0349. The molecule has 0 bridgehead atoms. The number of carbonyl (C=O) groups is 1. The number of carbonyl (C=O) groups excluding carboxylic acids is 1. The van der Waals surface area contributed by atoms with Gasteiger partial charge in [-0.05, 0) is 51.2 Å². The SMILES string of the molecule is CN1CCC(Sc2cc(F)cc(NC(=O)c3ccccc3Cl)c2F)CC1. The molecule has 1 saturated heterocycles. The van der Waals surface area contributed by atoms with Crippen LogP contribution in [-0.4, -0.2) is 36.2 Å². The van der Waals surface area contributed by atoms with E-state index in [0.29, 0.717) is 0 Å². The molecule has 3 nitrogen and oxygen atoms in total. The Morgan fingerprint density at radius 2 is 1.92 bits per heavy atom. The van der Waals surface area contributed by atoms with Crippen molar-refractivity contribution in [3.8, 4) is 0 Å². The Kier molecular flexibility index (Phi) is 6.16. The van der Waals surface area contributed by atoms with Crippen LogP contribution in [0, 0.1) is 11.6 Å². The number of hydrogen-bond donors (Lipinski definition) is 1. The molecule has 0 unspecified atom stereocenters. The number of piperidine rings is 1. The van der Waals surface area contributed by atoms with Gasteiger partial charge < -0.3 is 10.2 Å². The molecule has 138 valence electrons. The molecule has 0 spiro atoms. The van der Waals surface area contributed by atoms with E-state index in [1.54, 1.807) is 18.2 Å². The number of halogens is 3. The number of likely N-dealkylation sites (tertiary alicyclic amines) is 1. The maximum absolute atomic E-state index is 14.8. The highest BCUT2D eigenvalue weighted by atomic mass is 35.5. The van der Waals surface area contributed by atoms with Crippen molar-refractivity contribution in [2.75, 3.05) is 25.5 Å². The first kappa shape index (κ1) is 19.1. The topological polar surface area (TPSA) is 32.3 Å². The maximum Gasteiger partial charge on any atom is 0.257 e. The van der Waals surface area contributed by atoms with Gasteiger partial charge in [0.1, 0.15) is 5.82 Å². The third-order valence-electron chi connectivity index (χ3n) is 4.33. The van der Waals surface area contributed by atoms with Crippen molar-refractivity contribution in [1.82, 2.24) is 4.90 Å². The lowest BCUT2D eigenvalue weighted by molar-refractivity contribution is 0.102. The van der Waals surface area contributed by atoms with Crippen LogP contribution >= 0.6 is 23.4 Å². The Bertz CT molecular complexity index is 810.